The van der Waals surface area contributed by atoms with Crippen LogP contribution in [-0.4, -0.2) is 27.1 Å². The molecule has 0 bridgehead atoms. The van der Waals surface area contributed by atoms with Crippen LogP contribution in [0.2, 0.25) is 0 Å². The highest BCUT2D eigenvalue weighted by molar-refractivity contribution is 9.10. The number of para-hydroxylation sites is 1. The Morgan fingerprint density at radius 2 is 1.74 bits per heavy atom. The number of benzene rings is 2. The Bertz CT molecular complexity index is 804. The van der Waals surface area contributed by atoms with E-state index in [9.17, 15) is 13.2 Å². The maximum atomic E-state index is 12.3. The van der Waals surface area contributed by atoms with Gasteiger partial charge >= 0.3 is 0 Å². The van der Waals surface area contributed by atoms with Gasteiger partial charge in [0.1, 0.15) is 0 Å². The van der Waals surface area contributed by atoms with Crippen LogP contribution in [0.15, 0.2) is 53.0 Å². The summed E-state index contributed by atoms with van der Waals surface area (Å²) in [5.41, 5.74) is 1.66. The molecule has 0 saturated heterocycles. The second-order valence-corrected chi connectivity index (χ2v) is 7.67. The Morgan fingerprint density at radius 1 is 1.13 bits per heavy atom. The largest absolute Gasteiger partial charge is 0.321 e. The number of anilines is 2. The van der Waals surface area contributed by atoms with Gasteiger partial charge in [-0.1, -0.05) is 12.1 Å². The Hall–Kier alpha value is -1.86. The van der Waals surface area contributed by atoms with Crippen LogP contribution in [0.25, 0.3) is 0 Å². The van der Waals surface area contributed by atoms with Gasteiger partial charge in [0.2, 0.25) is 10.0 Å². The lowest BCUT2D eigenvalue weighted by Gasteiger charge is -2.20. The molecule has 0 aromatic heterocycles. The first-order valence-electron chi connectivity index (χ1n) is 6.96. The van der Waals surface area contributed by atoms with Crippen LogP contribution >= 0.6 is 15.9 Å². The number of rotatable bonds is 5. The lowest BCUT2D eigenvalue weighted by Crippen LogP contribution is -2.29. The maximum absolute atomic E-state index is 12.3. The molecule has 1 amide bonds. The van der Waals surface area contributed by atoms with Gasteiger partial charge in [0.05, 0.1) is 17.6 Å². The smallest absolute Gasteiger partial charge is 0.255 e. The first kappa shape index (κ1) is 17.5. The van der Waals surface area contributed by atoms with Crippen LogP contribution in [0, 0.1) is 0 Å². The molecule has 2 aromatic carbocycles. The predicted molar refractivity (Wildman–Crippen MR) is 96.4 cm³/mol. The van der Waals surface area contributed by atoms with Crippen molar-refractivity contribution in [1.29, 1.82) is 0 Å². The van der Waals surface area contributed by atoms with Gasteiger partial charge in [0, 0.05) is 16.6 Å². The Kier molecular flexibility index (Phi) is 5.43. The molecule has 0 unspecified atom stereocenters. The predicted octanol–water partition coefficient (Wildman–Crippen LogP) is 3.49. The second-order valence-electron chi connectivity index (χ2n) is 4.91. The average Bonchev–Trinajstić information content (AvgIpc) is 2.49. The average molecular weight is 397 g/mol. The van der Waals surface area contributed by atoms with E-state index in [1.807, 2.05) is 18.2 Å². The standard InChI is InChI=1S/C16H17BrN2O3S/c1-3-19(23(2,21)22)13-10-8-12(9-11-13)16(20)18-15-7-5-4-6-14(15)17/h4-11H,3H2,1-2H3,(H,18,20). The molecule has 0 aliphatic carbocycles. The quantitative estimate of drug-likeness (QED) is 0.840. The minimum atomic E-state index is -3.33. The van der Waals surface area contributed by atoms with Crippen molar-refractivity contribution in [1.82, 2.24) is 0 Å². The third kappa shape index (κ3) is 4.33. The molecule has 0 saturated carbocycles. The fraction of sp³-hybridized carbons (Fsp3) is 0.188. The number of nitrogens with zero attached hydrogens (tertiary/aromatic N) is 1. The van der Waals surface area contributed by atoms with Crippen molar-refractivity contribution in [2.75, 3.05) is 22.4 Å². The van der Waals surface area contributed by atoms with E-state index >= 15 is 0 Å². The van der Waals surface area contributed by atoms with Gasteiger partial charge in [-0.3, -0.25) is 9.10 Å². The van der Waals surface area contributed by atoms with Crippen molar-refractivity contribution in [3.63, 3.8) is 0 Å². The van der Waals surface area contributed by atoms with Crippen molar-refractivity contribution >= 4 is 43.2 Å². The van der Waals surface area contributed by atoms with Crippen molar-refractivity contribution in [2.45, 2.75) is 6.92 Å². The monoisotopic (exact) mass is 396 g/mol. The van der Waals surface area contributed by atoms with E-state index in [0.717, 1.165) is 10.7 Å². The SMILES string of the molecule is CCN(c1ccc(C(=O)Nc2ccccc2Br)cc1)S(C)(=O)=O. The van der Waals surface area contributed by atoms with Gasteiger partial charge in [0.15, 0.2) is 0 Å². The molecular weight excluding hydrogens is 380 g/mol. The lowest BCUT2D eigenvalue weighted by molar-refractivity contribution is 0.102. The van der Waals surface area contributed by atoms with Crippen molar-refractivity contribution in [3.8, 4) is 0 Å². The number of carbonyl (C=O) groups is 1. The number of nitrogens with one attached hydrogen (secondary N) is 1. The molecule has 0 atom stereocenters. The van der Waals surface area contributed by atoms with Gasteiger partial charge in [-0.05, 0) is 59.3 Å². The summed E-state index contributed by atoms with van der Waals surface area (Å²) in [5, 5.41) is 2.80. The van der Waals surface area contributed by atoms with Gasteiger partial charge < -0.3 is 5.32 Å². The minimum absolute atomic E-state index is 0.258. The highest BCUT2D eigenvalue weighted by Gasteiger charge is 2.16. The van der Waals surface area contributed by atoms with Gasteiger partial charge in [-0.25, -0.2) is 8.42 Å². The van der Waals surface area contributed by atoms with Crippen molar-refractivity contribution < 1.29 is 13.2 Å². The molecule has 0 aliphatic heterocycles. The fourth-order valence-electron chi connectivity index (χ4n) is 2.14. The molecule has 5 nitrogen and oxygen atoms in total. The summed E-state index contributed by atoms with van der Waals surface area (Å²) in [6.07, 6.45) is 1.16. The number of halogens is 1. The molecule has 0 aliphatic rings. The third-order valence-corrected chi connectivity index (χ3v) is 5.19. The zero-order chi connectivity index (χ0) is 17.0. The van der Waals surface area contributed by atoms with E-state index < -0.39 is 10.0 Å². The molecule has 0 spiro atoms. The van der Waals surface area contributed by atoms with Gasteiger partial charge in [-0.15, -0.1) is 0 Å². The molecule has 2 aromatic rings. The summed E-state index contributed by atoms with van der Waals surface area (Å²) in [4.78, 5) is 12.3. The normalized spacial score (nSPS) is 11.1. The number of amides is 1. The molecular formula is C16H17BrN2O3S. The summed E-state index contributed by atoms with van der Waals surface area (Å²) in [6, 6.07) is 13.8. The summed E-state index contributed by atoms with van der Waals surface area (Å²) in [5.74, 6) is -0.258. The van der Waals surface area contributed by atoms with Crippen molar-refractivity contribution in [3.05, 3.63) is 58.6 Å². The van der Waals surface area contributed by atoms with E-state index in [1.165, 1.54) is 4.31 Å². The van der Waals surface area contributed by atoms with Crippen LogP contribution in [0.1, 0.15) is 17.3 Å². The molecule has 2 rings (SSSR count). The maximum Gasteiger partial charge on any atom is 0.255 e. The molecule has 1 N–H and O–H groups in total. The van der Waals surface area contributed by atoms with E-state index in [0.29, 0.717) is 23.5 Å². The summed E-state index contributed by atoms with van der Waals surface area (Å²) in [6.45, 7) is 2.09. The molecule has 0 heterocycles. The highest BCUT2D eigenvalue weighted by atomic mass is 79.9. The molecule has 122 valence electrons. The Balaban J connectivity index is 2.19. The van der Waals surface area contributed by atoms with E-state index in [4.69, 9.17) is 0 Å². The van der Waals surface area contributed by atoms with Crippen molar-refractivity contribution in [2.24, 2.45) is 0 Å². The van der Waals surface area contributed by atoms with Crippen LogP contribution in [0.3, 0.4) is 0 Å². The van der Waals surface area contributed by atoms with Crippen LogP contribution in [0.4, 0.5) is 11.4 Å². The van der Waals surface area contributed by atoms with E-state index in [2.05, 4.69) is 21.2 Å². The number of hydrogen-bond donors (Lipinski definition) is 1. The lowest BCUT2D eigenvalue weighted by atomic mass is 10.2. The first-order valence-corrected chi connectivity index (χ1v) is 9.60. The summed E-state index contributed by atoms with van der Waals surface area (Å²) >= 11 is 3.37. The summed E-state index contributed by atoms with van der Waals surface area (Å²) in [7, 11) is -3.33. The first-order chi connectivity index (χ1) is 10.8. The van der Waals surface area contributed by atoms with Gasteiger partial charge in [-0.2, -0.15) is 0 Å². The summed E-state index contributed by atoms with van der Waals surface area (Å²) < 4.78 is 25.5. The zero-order valence-electron chi connectivity index (χ0n) is 12.8. The Morgan fingerprint density at radius 3 is 2.26 bits per heavy atom. The topological polar surface area (TPSA) is 66.5 Å². The minimum Gasteiger partial charge on any atom is -0.321 e. The van der Waals surface area contributed by atoms with Gasteiger partial charge in [0.25, 0.3) is 5.91 Å². The van der Waals surface area contributed by atoms with Crippen LogP contribution < -0.4 is 9.62 Å². The molecule has 0 radical (unpaired) electrons. The number of hydrogen-bond acceptors (Lipinski definition) is 3. The Labute approximate surface area is 144 Å². The molecule has 0 fully saturated rings. The van der Waals surface area contributed by atoms with Crippen LogP contribution in [-0.2, 0) is 10.0 Å². The van der Waals surface area contributed by atoms with E-state index in [-0.39, 0.29) is 5.91 Å². The van der Waals surface area contributed by atoms with Crippen LogP contribution in [0.5, 0.6) is 0 Å². The zero-order valence-corrected chi connectivity index (χ0v) is 15.2. The highest BCUT2D eigenvalue weighted by Crippen LogP contribution is 2.23. The number of carbonyl (C=O) groups excluding carboxylic acids is 1. The second kappa shape index (κ2) is 7.14. The molecule has 23 heavy (non-hydrogen) atoms. The molecule has 7 heteroatoms. The van der Waals surface area contributed by atoms with E-state index in [1.54, 1.807) is 37.3 Å². The number of sulfonamides is 1. The third-order valence-electron chi connectivity index (χ3n) is 3.23. The fourth-order valence-corrected chi connectivity index (χ4v) is 3.50.